The van der Waals surface area contributed by atoms with Crippen LogP contribution in [0, 0.1) is 18.2 Å². The molecule has 0 aliphatic heterocycles. The summed E-state index contributed by atoms with van der Waals surface area (Å²) in [6.45, 7) is 7.47. The molecule has 0 saturated heterocycles. The van der Waals surface area contributed by atoms with E-state index in [2.05, 4.69) is 5.10 Å². The van der Waals surface area contributed by atoms with Crippen molar-refractivity contribution < 1.29 is 18.7 Å². The first-order valence-corrected chi connectivity index (χ1v) is 9.38. The molecule has 2 aromatic heterocycles. The van der Waals surface area contributed by atoms with Gasteiger partial charge in [-0.2, -0.15) is 5.10 Å². The summed E-state index contributed by atoms with van der Waals surface area (Å²) < 4.78 is 20.1. The third-order valence-electron chi connectivity index (χ3n) is 4.23. The average molecular weight is 388 g/mol. The molecule has 7 heteroatoms. The molecular weight excluding hydrogens is 367 g/mol. The van der Waals surface area contributed by atoms with E-state index in [-0.39, 0.29) is 18.2 Å². The summed E-state index contributed by atoms with van der Waals surface area (Å²) in [5, 5.41) is 5.37. The van der Waals surface area contributed by atoms with Crippen molar-refractivity contribution in [2.75, 3.05) is 6.61 Å². The molecule has 3 aromatic rings. The van der Waals surface area contributed by atoms with Gasteiger partial charge in [-0.1, -0.05) is 32.9 Å². The number of carbonyl (C=O) groups is 2. The first-order chi connectivity index (χ1) is 12.6. The summed E-state index contributed by atoms with van der Waals surface area (Å²) in [4.78, 5) is 25.5. The second kappa shape index (κ2) is 7.23. The second-order valence-corrected chi connectivity index (χ2v) is 8.48. The number of esters is 1. The van der Waals surface area contributed by atoms with Gasteiger partial charge in [-0.25, -0.2) is 9.18 Å². The lowest BCUT2D eigenvalue weighted by atomic mass is 9.91. The molecule has 0 saturated carbocycles. The van der Waals surface area contributed by atoms with Crippen LogP contribution in [-0.4, -0.2) is 28.1 Å². The highest BCUT2D eigenvalue weighted by Crippen LogP contribution is 2.29. The van der Waals surface area contributed by atoms with Crippen LogP contribution in [0.2, 0.25) is 0 Å². The van der Waals surface area contributed by atoms with E-state index in [9.17, 15) is 14.0 Å². The molecule has 0 radical (unpaired) electrons. The number of hydrogen-bond donors (Lipinski definition) is 0. The molecule has 2 heterocycles. The van der Waals surface area contributed by atoms with Crippen molar-refractivity contribution in [2.24, 2.45) is 5.41 Å². The standard InChI is InChI=1S/C20H21FN2O3S/c1-12-15-9-16(19(25)26-11-17(24)20(2,3)4)27-18(15)23(22-12)10-13-5-7-14(21)8-6-13/h5-9H,10-11H2,1-4H3. The number of Topliss-reactive ketones (excluding diaryl/α,β-unsaturated/α-hetero) is 1. The molecule has 1 aromatic carbocycles. The lowest BCUT2D eigenvalue weighted by Gasteiger charge is -2.15. The minimum Gasteiger partial charge on any atom is -0.453 e. The zero-order chi connectivity index (χ0) is 19.8. The Hall–Kier alpha value is -2.54. The van der Waals surface area contributed by atoms with E-state index in [0.717, 1.165) is 21.5 Å². The number of ether oxygens (including phenoxy) is 1. The highest BCUT2D eigenvalue weighted by Gasteiger charge is 2.24. The SMILES string of the molecule is Cc1nn(Cc2ccc(F)cc2)c2sc(C(=O)OCC(=O)C(C)(C)C)cc12. The first kappa shape index (κ1) is 19.2. The maximum absolute atomic E-state index is 13.1. The number of ketones is 1. The van der Waals surface area contributed by atoms with E-state index in [0.29, 0.717) is 11.4 Å². The molecule has 0 spiro atoms. The van der Waals surface area contributed by atoms with Gasteiger partial charge in [0.2, 0.25) is 0 Å². The predicted molar refractivity (Wildman–Crippen MR) is 103 cm³/mol. The van der Waals surface area contributed by atoms with E-state index < -0.39 is 11.4 Å². The number of aryl methyl sites for hydroxylation is 1. The van der Waals surface area contributed by atoms with Crippen molar-refractivity contribution in [1.29, 1.82) is 0 Å². The third-order valence-corrected chi connectivity index (χ3v) is 5.35. The van der Waals surface area contributed by atoms with E-state index in [1.807, 2.05) is 6.92 Å². The fourth-order valence-electron chi connectivity index (χ4n) is 2.50. The number of rotatable bonds is 5. The summed E-state index contributed by atoms with van der Waals surface area (Å²) in [6.07, 6.45) is 0. The lowest BCUT2D eigenvalue weighted by Crippen LogP contribution is -2.26. The fraction of sp³-hybridized carbons (Fsp3) is 0.350. The molecule has 27 heavy (non-hydrogen) atoms. The van der Waals surface area contributed by atoms with Crippen LogP contribution >= 0.6 is 11.3 Å². The molecule has 0 amide bonds. The first-order valence-electron chi connectivity index (χ1n) is 8.57. The Morgan fingerprint density at radius 3 is 2.52 bits per heavy atom. The van der Waals surface area contributed by atoms with Crippen LogP contribution in [0.1, 0.15) is 41.7 Å². The van der Waals surface area contributed by atoms with Gasteiger partial charge in [0.15, 0.2) is 12.4 Å². The number of nitrogens with zero attached hydrogens (tertiary/aromatic N) is 2. The number of halogens is 1. The van der Waals surface area contributed by atoms with E-state index in [1.54, 1.807) is 43.7 Å². The van der Waals surface area contributed by atoms with Gasteiger partial charge in [0.05, 0.1) is 12.2 Å². The molecule has 3 rings (SSSR count). The van der Waals surface area contributed by atoms with Crippen molar-refractivity contribution in [3.05, 3.63) is 52.3 Å². The quantitative estimate of drug-likeness (QED) is 0.609. The molecule has 142 valence electrons. The largest absolute Gasteiger partial charge is 0.453 e. The Kier molecular flexibility index (Phi) is 5.15. The molecule has 5 nitrogen and oxygen atoms in total. The lowest BCUT2D eigenvalue weighted by molar-refractivity contribution is -0.129. The number of thiophene rings is 1. The van der Waals surface area contributed by atoms with Crippen molar-refractivity contribution in [3.8, 4) is 0 Å². The Labute approximate surface area is 160 Å². The molecule has 0 N–H and O–H groups in total. The summed E-state index contributed by atoms with van der Waals surface area (Å²) in [5.74, 6) is -0.927. The Bertz CT molecular complexity index is 997. The maximum Gasteiger partial charge on any atom is 0.348 e. The van der Waals surface area contributed by atoms with Gasteiger partial charge in [0.25, 0.3) is 0 Å². The minimum atomic E-state index is -0.549. The molecule has 0 unspecified atom stereocenters. The zero-order valence-corrected chi connectivity index (χ0v) is 16.5. The van der Waals surface area contributed by atoms with Crippen molar-refractivity contribution in [3.63, 3.8) is 0 Å². The predicted octanol–water partition coefficient (Wildman–Crippen LogP) is 4.37. The van der Waals surface area contributed by atoms with Crippen LogP contribution in [0.3, 0.4) is 0 Å². The summed E-state index contributed by atoms with van der Waals surface area (Å²) in [6, 6.07) is 7.98. The normalized spacial score (nSPS) is 11.7. The Morgan fingerprint density at radius 1 is 1.22 bits per heavy atom. The smallest absolute Gasteiger partial charge is 0.348 e. The van der Waals surface area contributed by atoms with Crippen molar-refractivity contribution >= 4 is 33.3 Å². The Morgan fingerprint density at radius 2 is 1.89 bits per heavy atom. The van der Waals surface area contributed by atoms with Crippen molar-refractivity contribution in [1.82, 2.24) is 9.78 Å². The highest BCUT2D eigenvalue weighted by molar-refractivity contribution is 7.20. The molecule has 0 bridgehead atoms. The molecule has 0 aliphatic rings. The maximum atomic E-state index is 13.1. The topological polar surface area (TPSA) is 61.2 Å². The number of benzene rings is 1. The van der Waals surface area contributed by atoms with E-state index in [1.165, 1.54) is 23.5 Å². The van der Waals surface area contributed by atoms with Crippen LogP contribution in [0.4, 0.5) is 4.39 Å². The average Bonchev–Trinajstić information content (AvgIpc) is 3.15. The number of hydrogen-bond acceptors (Lipinski definition) is 5. The van der Waals surface area contributed by atoms with Crippen LogP contribution in [0.25, 0.3) is 10.2 Å². The van der Waals surface area contributed by atoms with Crippen LogP contribution in [0.15, 0.2) is 30.3 Å². The monoisotopic (exact) mass is 388 g/mol. The number of carbonyl (C=O) groups excluding carboxylic acids is 2. The molecular formula is C20H21FN2O3S. The summed E-state index contributed by atoms with van der Waals surface area (Å²) in [7, 11) is 0. The number of fused-ring (bicyclic) bond motifs is 1. The van der Waals surface area contributed by atoms with E-state index in [4.69, 9.17) is 4.74 Å². The fourth-order valence-corrected chi connectivity index (χ4v) is 3.56. The van der Waals surface area contributed by atoms with Gasteiger partial charge in [-0.05, 0) is 30.7 Å². The van der Waals surface area contributed by atoms with Crippen molar-refractivity contribution in [2.45, 2.75) is 34.2 Å². The van der Waals surface area contributed by atoms with Gasteiger partial charge < -0.3 is 4.74 Å². The van der Waals surface area contributed by atoms with Gasteiger partial charge in [0.1, 0.15) is 15.5 Å². The molecule has 0 atom stereocenters. The third kappa shape index (κ3) is 4.24. The van der Waals surface area contributed by atoms with Crippen LogP contribution < -0.4 is 0 Å². The summed E-state index contributed by atoms with van der Waals surface area (Å²) in [5.41, 5.74) is 1.16. The van der Waals surface area contributed by atoms with Gasteiger partial charge in [-0.15, -0.1) is 11.3 Å². The Balaban J connectivity index is 1.80. The molecule has 0 fully saturated rings. The minimum absolute atomic E-state index is 0.129. The molecule has 0 aliphatic carbocycles. The number of aromatic nitrogens is 2. The zero-order valence-electron chi connectivity index (χ0n) is 15.7. The van der Waals surface area contributed by atoms with Gasteiger partial charge in [-0.3, -0.25) is 9.48 Å². The van der Waals surface area contributed by atoms with E-state index >= 15 is 0 Å². The van der Waals surface area contributed by atoms with Gasteiger partial charge >= 0.3 is 5.97 Å². The second-order valence-electron chi connectivity index (χ2n) is 7.45. The van der Waals surface area contributed by atoms with Crippen LogP contribution in [0.5, 0.6) is 0 Å². The van der Waals surface area contributed by atoms with Crippen LogP contribution in [-0.2, 0) is 16.1 Å². The highest BCUT2D eigenvalue weighted by atomic mass is 32.1. The summed E-state index contributed by atoms with van der Waals surface area (Å²) >= 11 is 1.27. The van der Waals surface area contributed by atoms with Gasteiger partial charge in [0, 0.05) is 10.8 Å².